The fraction of sp³-hybridized carbons (Fsp3) is 0.571. The van der Waals surface area contributed by atoms with Gasteiger partial charge < -0.3 is 5.32 Å². The Morgan fingerprint density at radius 3 is 2.92 bits per heavy atom. The summed E-state index contributed by atoms with van der Waals surface area (Å²) in [7, 11) is 0. The number of carbonyl (C=O) groups is 1. The Morgan fingerprint density at radius 1 is 1.67 bits per heavy atom. The predicted molar refractivity (Wildman–Crippen MR) is 47.3 cm³/mol. The third-order valence-corrected chi connectivity index (χ3v) is 2.06. The number of carbonyl (C=O) groups excluding carboxylic acids is 1. The fourth-order valence-corrected chi connectivity index (χ4v) is 1.29. The summed E-state index contributed by atoms with van der Waals surface area (Å²) in [6.45, 7) is 4.47. The molecule has 1 heterocycles. The van der Waals surface area contributed by atoms with Crippen LogP contribution in [0.25, 0.3) is 0 Å². The molecule has 12 heavy (non-hydrogen) atoms. The van der Waals surface area contributed by atoms with Crippen molar-refractivity contribution in [1.82, 2.24) is 14.7 Å². The number of amides is 1. The zero-order valence-electron chi connectivity index (χ0n) is 7.13. The maximum atomic E-state index is 11.2. The van der Waals surface area contributed by atoms with E-state index in [-0.39, 0.29) is 5.91 Å². The van der Waals surface area contributed by atoms with E-state index in [1.807, 2.05) is 6.92 Å². The third kappa shape index (κ3) is 2.27. The first-order chi connectivity index (χ1) is 5.74. The summed E-state index contributed by atoms with van der Waals surface area (Å²) in [5.74, 6) is 0.532. The van der Waals surface area contributed by atoms with Crippen LogP contribution >= 0.6 is 11.5 Å². The lowest BCUT2D eigenvalue weighted by atomic mass is 10.5. The van der Waals surface area contributed by atoms with Gasteiger partial charge in [-0.3, -0.25) is 4.79 Å². The van der Waals surface area contributed by atoms with Crippen LogP contribution in [-0.2, 0) is 0 Å². The molecule has 0 aliphatic heterocycles. The van der Waals surface area contributed by atoms with E-state index >= 15 is 0 Å². The quantitative estimate of drug-likeness (QED) is 0.764. The van der Waals surface area contributed by atoms with E-state index in [9.17, 15) is 4.79 Å². The van der Waals surface area contributed by atoms with Gasteiger partial charge in [-0.15, -0.1) is 0 Å². The topological polar surface area (TPSA) is 54.9 Å². The summed E-state index contributed by atoms with van der Waals surface area (Å²) < 4.78 is 3.92. The lowest BCUT2D eigenvalue weighted by molar-refractivity contribution is 0.0953. The highest BCUT2D eigenvalue weighted by atomic mass is 32.1. The smallest absolute Gasteiger partial charge is 0.281 e. The molecule has 1 amide bonds. The number of aryl methyl sites for hydroxylation is 1. The molecule has 0 fully saturated rings. The van der Waals surface area contributed by atoms with Crippen LogP contribution in [0.15, 0.2) is 0 Å². The number of aromatic nitrogens is 2. The predicted octanol–water partition coefficient (Wildman–Crippen LogP) is 0.986. The van der Waals surface area contributed by atoms with E-state index in [2.05, 4.69) is 14.7 Å². The first-order valence-corrected chi connectivity index (χ1v) is 4.60. The average molecular weight is 185 g/mol. The first kappa shape index (κ1) is 9.12. The molecule has 0 aliphatic carbocycles. The van der Waals surface area contributed by atoms with Gasteiger partial charge in [0.05, 0.1) is 0 Å². The lowest BCUT2D eigenvalue weighted by Crippen LogP contribution is -2.23. The summed E-state index contributed by atoms with van der Waals surface area (Å²) in [5.41, 5.74) is 0. The van der Waals surface area contributed by atoms with Crippen LogP contribution in [0.4, 0.5) is 0 Å². The molecule has 1 aromatic heterocycles. The van der Waals surface area contributed by atoms with Crippen LogP contribution in [0.5, 0.6) is 0 Å². The molecule has 0 radical (unpaired) electrons. The van der Waals surface area contributed by atoms with Crippen molar-refractivity contribution in [2.24, 2.45) is 0 Å². The molecule has 5 heteroatoms. The average Bonchev–Trinajstić information content (AvgIpc) is 2.47. The monoisotopic (exact) mass is 185 g/mol. The van der Waals surface area contributed by atoms with E-state index in [4.69, 9.17) is 0 Å². The number of hydrogen-bond donors (Lipinski definition) is 1. The number of hydrogen-bond acceptors (Lipinski definition) is 4. The fourth-order valence-electron chi connectivity index (χ4n) is 0.703. The van der Waals surface area contributed by atoms with Crippen molar-refractivity contribution >= 4 is 17.4 Å². The normalized spacial score (nSPS) is 9.83. The molecular formula is C7H11N3OS. The maximum Gasteiger partial charge on any atom is 0.281 e. The van der Waals surface area contributed by atoms with Gasteiger partial charge in [0.25, 0.3) is 5.91 Å². The van der Waals surface area contributed by atoms with Crippen LogP contribution in [-0.4, -0.2) is 21.8 Å². The Kier molecular flexibility index (Phi) is 3.16. The Balaban J connectivity index is 2.53. The van der Waals surface area contributed by atoms with Crippen LogP contribution in [0, 0.1) is 6.92 Å². The zero-order valence-corrected chi connectivity index (χ0v) is 7.94. The third-order valence-electron chi connectivity index (χ3n) is 1.26. The number of nitrogens with zero attached hydrogens (tertiary/aromatic N) is 2. The Bertz CT molecular complexity index is 271. The molecule has 0 saturated heterocycles. The van der Waals surface area contributed by atoms with Crippen LogP contribution in [0.3, 0.4) is 0 Å². The molecule has 0 spiro atoms. The minimum Gasteiger partial charge on any atom is -0.350 e. The summed E-state index contributed by atoms with van der Waals surface area (Å²) in [5, 5.41) is 3.18. The van der Waals surface area contributed by atoms with Crippen LogP contribution in [0.2, 0.25) is 0 Å². The van der Waals surface area contributed by atoms with Gasteiger partial charge in [0.2, 0.25) is 5.01 Å². The standard InChI is InChI=1S/C7H11N3OS/c1-3-4-8-6(11)7-9-5(2)10-12-7/h3-4H2,1-2H3,(H,8,11). The molecule has 4 nitrogen and oxygen atoms in total. The van der Waals surface area contributed by atoms with E-state index < -0.39 is 0 Å². The Hall–Kier alpha value is -0.970. The van der Waals surface area contributed by atoms with E-state index in [0.717, 1.165) is 18.0 Å². The minimum absolute atomic E-state index is 0.123. The Labute approximate surface area is 75.2 Å². The molecule has 1 rings (SSSR count). The number of rotatable bonds is 3. The molecular weight excluding hydrogens is 174 g/mol. The highest BCUT2D eigenvalue weighted by Gasteiger charge is 2.08. The van der Waals surface area contributed by atoms with Gasteiger partial charge in [0.1, 0.15) is 5.82 Å². The summed E-state index contributed by atoms with van der Waals surface area (Å²) >= 11 is 1.13. The second-order valence-electron chi connectivity index (χ2n) is 2.40. The molecule has 0 bridgehead atoms. The lowest BCUT2D eigenvalue weighted by Gasteiger charge is -1.97. The summed E-state index contributed by atoms with van der Waals surface area (Å²) in [4.78, 5) is 15.2. The van der Waals surface area contributed by atoms with Crippen molar-refractivity contribution < 1.29 is 4.79 Å². The van der Waals surface area contributed by atoms with E-state index in [0.29, 0.717) is 17.4 Å². The molecule has 0 unspecified atom stereocenters. The molecule has 0 aliphatic rings. The van der Waals surface area contributed by atoms with Crippen molar-refractivity contribution in [1.29, 1.82) is 0 Å². The van der Waals surface area contributed by atoms with Gasteiger partial charge in [-0.2, -0.15) is 4.37 Å². The molecule has 1 aromatic rings. The molecule has 0 aromatic carbocycles. The summed E-state index contributed by atoms with van der Waals surface area (Å²) in [6, 6.07) is 0. The molecule has 0 atom stereocenters. The van der Waals surface area contributed by atoms with Crippen LogP contribution in [0.1, 0.15) is 29.0 Å². The summed E-state index contributed by atoms with van der Waals surface area (Å²) in [6.07, 6.45) is 0.934. The number of nitrogens with one attached hydrogen (secondary N) is 1. The van der Waals surface area contributed by atoms with Crippen molar-refractivity contribution in [2.45, 2.75) is 20.3 Å². The first-order valence-electron chi connectivity index (χ1n) is 3.82. The maximum absolute atomic E-state index is 11.2. The van der Waals surface area contributed by atoms with Gasteiger partial charge >= 0.3 is 0 Å². The van der Waals surface area contributed by atoms with E-state index in [1.54, 1.807) is 6.92 Å². The molecule has 0 saturated carbocycles. The molecule has 66 valence electrons. The highest BCUT2D eigenvalue weighted by Crippen LogP contribution is 2.02. The largest absolute Gasteiger partial charge is 0.350 e. The van der Waals surface area contributed by atoms with Crippen molar-refractivity contribution in [3.63, 3.8) is 0 Å². The van der Waals surface area contributed by atoms with Crippen LogP contribution < -0.4 is 5.32 Å². The minimum atomic E-state index is -0.123. The second kappa shape index (κ2) is 4.15. The van der Waals surface area contributed by atoms with Gasteiger partial charge in [-0.1, -0.05) is 6.92 Å². The van der Waals surface area contributed by atoms with Crippen molar-refractivity contribution in [3.05, 3.63) is 10.8 Å². The van der Waals surface area contributed by atoms with E-state index in [1.165, 1.54) is 0 Å². The second-order valence-corrected chi connectivity index (χ2v) is 3.15. The van der Waals surface area contributed by atoms with Gasteiger partial charge in [0, 0.05) is 6.54 Å². The molecule has 1 N–H and O–H groups in total. The SMILES string of the molecule is CCCNC(=O)c1nc(C)ns1. The van der Waals surface area contributed by atoms with Crippen molar-refractivity contribution in [2.75, 3.05) is 6.54 Å². The Morgan fingerprint density at radius 2 is 2.42 bits per heavy atom. The van der Waals surface area contributed by atoms with Gasteiger partial charge in [0.15, 0.2) is 0 Å². The van der Waals surface area contributed by atoms with Gasteiger partial charge in [-0.25, -0.2) is 4.98 Å². The zero-order chi connectivity index (χ0) is 8.97. The highest BCUT2D eigenvalue weighted by molar-refractivity contribution is 7.07. The van der Waals surface area contributed by atoms with Crippen molar-refractivity contribution in [3.8, 4) is 0 Å². The van der Waals surface area contributed by atoms with Gasteiger partial charge in [-0.05, 0) is 24.9 Å².